The zero-order valence-corrected chi connectivity index (χ0v) is 18.0. The molecule has 164 valence electrons. The highest BCUT2D eigenvalue weighted by atomic mass is 32.2. The van der Waals surface area contributed by atoms with E-state index in [4.69, 9.17) is 9.26 Å². The summed E-state index contributed by atoms with van der Waals surface area (Å²) in [6, 6.07) is 3.43. The second kappa shape index (κ2) is 7.69. The van der Waals surface area contributed by atoms with Crippen LogP contribution in [0.15, 0.2) is 10.6 Å². The molecule has 5 aliphatic rings. The molecule has 8 nitrogen and oxygen atoms in total. The minimum Gasteiger partial charge on any atom is -0.380 e. The highest BCUT2D eigenvalue weighted by Gasteiger charge is 2.49. The number of nitrogens with one attached hydrogen (secondary N) is 1. The fourth-order valence-corrected chi connectivity index (χ4v) is 8.23. The summed E-state index contributed by atoms with van der Waals surface area (Å²) in [4.78, 5) is 12.7. The van der Waals surface area contributed by atoms with Gasteiger partial charge < -0.3 is 14.6 Å². The standard InChI is InChI=1S/C21H30N4O4S/c26-21(19-10-20(29-23-19)13-11-28-12-13)22-14-8-17-6-7-18(9-14)25(17)30(27)24-15-2-1-3-16(24)5-4-15/h10,13-18H,1-9,11-12H2,(H,22,26)/t15-,16?,17+,18+,30?/m1/s1. The van der Waals surface area contributed by atoms with E-state index >= 15 is 0 Å². The summed E-state index contributed by atoms with van der Waals surface area (Å²) in [5, 5.41) is 7.12. The number of carbonyl (C=O) groups is 1. The molecule has 1 N–H and O–H groups in total. The highest BCUT2D eigenvalue weighted by Crippen LogP contribution is 2.42. The molecule has 5 aliphatic heterocycles. The van der Waals surface area contributed by atoms with Gasteiger partial charge in [-0.1, -0.05) is 11.6 Å². The SMILES string of the molecule is O=C(NC1C[C@@H]2CC[C@@H](C1)N2S(=O)N1C2CCC[C@@H]1CC2)c1cc(C2COC2)on1. The summed E-state index contributed by atoms with van der Waals surface area (Å²) < 4.78 is 28.7. The number of fused-ring (bicyclic) bond motifs is 4. The third-order valence-corrected chi connectivity index (χ3v) is 9.70. The lowest BCUT2D eigenvalue weighted by molar-refractivity contribution is -0.00228. The molecule has 30 heavy (non-hydrogen) atoms. The van der Waals surface area contributed by atoms with Crippen LogP contribution in [-0.2, 0) is 15.9 Å². The molecule has 0 aromatic carbocycles. The van der Waals surface area contributed by atoms with Gasteiger partial charge in [0, 0.05) is 36.3 Å². The molecule has 5 atom stereocenters. The predicted molar refractivity (Wildman–Crippen MR) is 110 cm³/mol. The van der Waals surface area contributed by atoms with Crippen molar-refractivity contribution in [2.45, 2.75) is 93.9 Å². The number of nitrogens with zero attached hydrogens (tertiary/aromatic N) is 3. The second-order valence-electron chi connectivity index (χ2n) is 9.64. The van der Waals surface area contributed by atoms with Crippen LogP contribution in [0, 0.1) is 0 Å². The molecule has 0 aliphatic carbocycles. The van der Waals surface area contributed by atoms with Crippen LogP contribution in [0.2, 0.25) is 0 Å². The van der Waals surface area contributed by atoms with Crippen LogP contribution >= 0.6 is 0 Å². The number of amides is 1. The summed E-state index contributed by atoms with van der Waals surface area (Å²) >= 11 is -1.03. The van der Waals surface area contributed by atoms with Gasteiger partial charge in [0.15, 0.2) is 16.9 Å². The first-order valence-electron chi connectivity index (χ1n) is 11.5. The summed E-state index contributed by atoms with van der Waals surface area (Å²) in [6.45, 7) is 1.27. The van der Waals surface area contributed by atoms with Crippen LogP contribution in [0.25, 0.3) is 0 Å². The normalized spacial score (nSPS) is 37.8. The van der Waals surface area contributed by atoms with E-state index in [1.165, 1.54) is 32.1 Å². The van der Waals surface area contributed by atoms with E-state index in [0.717, 1.165) is 31.4 Å². The number of hydrogen-bond acceptors (Lipinski definition) is 5. The first-order chi connectivity index (χ1) is 14.7. The van der Waals surface area contributed by atoms with Crippen molar-refractivity contribution in [3.8, 4) is 0 Å². The minimum atomic E-state index is -1.03. The van der Waals surface area contributed by atoms with Gasteiger partial charge in [0.1, 0.15) is 5.76 Å². The highest BCUT2D eigenvalue weighted by molar-refractivity contribution is 7.80. The van der Waals surface area contributed by atoms with E-state index < -0.39 is 11.2 Å². The molecule has 4 bridgehead atoms. The molecule has 5 fully saturated rings. The zero-order chi connectivity index (χ0) is 20.2. The fraction of sp³-hybridized carbons (Fsp3) is 0.810. The Balaban J connectivity index is 1.10. The summed E-state index contributed by atoms with van der Waals surface area (Å²) in [5.74, 6) is 0.782. The van der Waals surface area contributed by atoms with Gasteiger partial charge in [0.25, 0.3) is 5.91 Å². The zero-order valence-electron chi connectivity index (χ0n) is 17.2. The topological polar surface area (TPSA) is 87.9 Å². The van der Waals surface area contributed by atoms with Crippen molar-refractivity contribution in [3.05, 3.63) is 17.5 Å². The van der Waals surface area contributed by atoms with E-state index in [2.05, 4.69) is 19.1 Å². The molecule has 9 heteroatoms. The molecule has 1 aromatic heterocycles. The van der Waals surface area contributed by atoms with Crippen molar-refractivity contribution in [1.29, 1.82) is 0 Å². The molecule has 0 spiro atoms. The Morgan fingerprint density at radius 1 is 1.00 bits per heavy atom. The van der Waals surface area contributed by atoms with Crippen molar-refractivity contribution in [3.63, 3.8) is 0 Å². The lowest BCUT2D eigenvalue weighted by Gasteiger charge is -2.43. The number of rotatable bonds is 5. The van der Waals surface area contributed by atoms with Gasteiger partial charge in [0.2, 0.25) is 0 Å². The first kappa shape index (κ1) is 19.4. The van der Waals surface area contributed by atoms with Crippen LogP contribution in [0.4, 0.5) is 0 Å². The van der Waals surface area contributed by atoms with Crippen LogP contribution in [0.3, 0.4) is 0 Å². The molecule has 5 saturated heterocycles. The van der Waals surface area contributed by atoms with Crippen molar-refractivity contribution >= 4 is 17.1 Å². The van der Waals surface area contributed by atoms with Crippen molar-refractivity contribution in [2.75, 3.05) is 13.2 Å². The Kier molecular flexibility index (Phi) is 4.97. The minimum absolute atomic E-state index is 0.105. The van der Waals surface area contributed by atoms with Gasteiger partial charge >= 0.3 is 0 Å². The van der Waals surface area contributed by atoms with Crippen LogP contribution in [0.1, 0.15) is 80.0 Å². The lowest BCUT2D eigenvalue weighted by Crippen LogP contribution is -2.55. The molecule has 0 saturated carbocycles. The molecule has 1 aromatic rings. The van der Waals surface area contributed by atoms with Gasteiger partial charge in [-0.25, -0.2) is 12.8 Å². The molecule has 1 amide bonds. The maximum Gasteiger partial charge on any atom is 0.273 e. The van der Waals surface area contributed by atoms with Gasteiger partial charge in [-0.15, -0.1) is 0 Å². The largest absolute Gasteiger partial charge is 0.380 e. The molecule has 0 radical (unpaired) electrons. The second-order valence-corrected chi connectivity index (χ2v) is 10.9. The monoisotopic (exact) mass is 434 g/mol. The summed E-state index contributed by atoms with van der Waals surface area (Å²) in [5.41, 5.74) is 0.347. The van der Waals surface area contributed by atoms with Gasteiger partial charge in [0.05, 0.1) is 19.1 Å². The Labute approximate surface area is 179 Å². The predicted octanol–water partition coefficient (Wildman–Crippen LogP) is 2.11. The number of carbonyl (C=O) groups excluding carboxylic acids is 1. The Morgan fingerprint density at radius 3 is 2.27 bits per heavy atom. The average molecular weight is 435 g/mol. The number of piperidine rings is 2. The van der Waals surface area contributed by atoms with Crippen LogP contribution in [0.5, 0.6) is 0 Å². The smallest absolute Gasteiger partial charge is 0.273 e. The van der Waals surface area contributed by atoms with Crippen LogP contribution in [-0.4, -0.2) is 67.3 Å². The van der Waals surface area contributed by atoms with E-state index in [-0.39, 0.29) is 30.0 Å². The number of hydrogen-bond donors (Lipinski definition) is 1. The van der Waals surface area contributed by atoms with Gasteiger partial charge in [-0.05, 0) is 51.4 Å². The molecular formula is C21H30N4O4S. The Morgan fingerprint density at radius 2 is 1.63 bits per heavy atom. The Hall–Kier alpha value is -1.29. The van der Waals surface area contributed by atoms with E-state index in [1.807, 2.05) is 0 Å². The van der Waals surface area contributed by atoms with Crippen LogP contribution < -0.4 is 5.32 Å². The maximum atomic E-state index is 13.6. The molecule has 6 rings (SSSR count). The van der Waals surface area contributed by atoms with Crippen molar-refractivity contribution in [2.24, 2.45) is 0 Å². The van der Waals surface area contributed by atoms with Gasteiger partial charge in [-0.3, -0.25) is 4.79 Å². The van der Waals surface area contributed by atoms with Crippen molar-refractivity contribution in [1.82, 2.24) is 19.1 Å². The summed E-state index contributed by atoms with van der Waals surface area (Å²) in [6.07, 6.45) is 9.92. The molecule has 2 unspecified atom stereocenters. The Bertz CT molecular complexity index is 813. The fourth-order valence-electron chi connectivity index (χ4n) is 6.19. The average Bonchev–Trinajstić information content (AvgIpc) is 3.34. The summed E-state index contributed by atoms with van der Waals surface area (Å²) in [7, 11) is 0. The number of ether oxygens (including phenoxy) is 1. The van der Waals surface area contributed by atoms with Gasteiger partial charge in [-0.2, -0.15) is 0 Å². The van der Waals surface area contributed by atoms with E-state index in [9.17, 15) is 9.00 Å². The third-order valence-electron chi connectivity index (χ3n) is 7.79. The van der Waals surface area contributed by atoms with Crippen molar-refractivity contribution < 1.29 is 18.3 Å². The quantitative estimate of drug-likeness (QED) is 0.767. The number of aromatic nitrogens is 1. The lowest BCUT2D eigenvalue weighted by atomic mass is 9.99. The molecular weight excluding hydrogens is 404 g/mol. The van der Waals surface area contributed by atoms with E-state index in [1.54, 1.807) is 6.07 Å². The maximum absolute atomic E-state index is 13.6. The van der Waals surface area contributed by atoms with E-state index in [0.29, 0.717) is 31.0 Å². The third kappa shape index (κ3) is 3.25. The first-order valence-corrected chi connectivity index (χ1v) is 12.6. The molecule has 6 heterocycles.